The molecule has 0 aliphatic carbocycles. The van der Waals surface area contributed by atoms with Crippen LogP contribution in [-0.2, 0) is 4.79 Å². The molecule has 5 nitrogen and oxygen atoms in total. The molecule has 2 aliphatic heterocycles. The molecule has 6 heteroatoms. The fourth-order valence-electron chi connectivity index (χ4n) is 3.09. The van der Waals surface area contributed by atoms with Crippen LogP contribution in [0.15, 0.2) is 23.8 Å². The summed E-state index contributed by atoms with van der Waals surface area (Å²) in [4.78, 5) is 12.4. The van der Waals surface area contributed by atoms with Crippen molar-refractivity contribution < 1.29 is 14.3 Å². The van der Waals surface area contributed by atoms with Crippen molar-refractivity contribution in [3.8, 4) is 11.5 Å². The Hall–Kier alpha value is -1.72. The third-order valence-corrected chi connectivity index (χ3v) is 4.71. The average Bonchev–Trinajstić information content (AvgIpc) is 2.59. The summed E-state index contributed by atoms with van der Waals surface area (Å²) >= 11 is 0. The Morgan fingerprint density at radius 1 is 1.38 bits per heavy atom. The number of hydrogen-bond donors (Lipinski definition) is 2. The number of fused-ring (bicyclic) bond motifs is 1. The molecule has 0 radical (unpaired) electrons. The van der Waals surface area contributed by atoms with E-state index in [1.54, 1.807) is 7.11 Å². The lowest BCUT2D eigenvalue weighted by atomic mass is 9.81. The molecule has 1 aromatic carbocycles. The first-order chi connectivity index (χ1) is 11.1. The average molecular weight is 353 g/mol. The minimum Gasteiger partial charge on any atom is -0.493 e. The highest BCUT2D eigenvalue weighted by Gasteiger charge is 2.28. The molecule has 0 spiro atoms. The van der Waals surface area contributed by atoms with Crippen molar-refractivity contribution in [3.63, 3.8) is 0 Å². The van der Waals surface area contributed by atoms with Crippen LogP contribution in [0.25, 0.3) is 6.08 Å². The van der Waals surface area contributed by atoms with E-state index in [9.17, 15) is 4.79 Å². The zero-order chi connectivity index (χ0) is 16.3. The monoisotopic (exact) mass is 352 g/mol. The van der Waals surface area contributed by atoms with Crippen molar-refractivity contribution in [1.29, 1.82) is 0 Å². The lowest BCUT2D eigenvalue weighted by Crippen LogP contribution is -2.43. The Kier molecular flexibility index (Phi) is 6.13. The van der Waals surface area contributed by atoms with E-state index < -0.39 is 0 Å². The van der Waals surface area contributed by atoms with Crippen molar-refractivity contribution in [2.45, 2.75) is 19.8 Å². The van der Waals surface area contributed by atoms with Crippen molar-refractivity contribution in [3.05, 3.63) is 29.3 Å². The maximum atomic E-state index is 12.4. The van der Waals surface area contributed by atoms with Gasteiger partial charge in [0.1, 0.15) is 6.61 Å². The predicted octanol–water partition coefficient (Wildman–Crippen LogP) is 2.40. The highest BCUT2D eigenvalue weighted by atomic mass is 35.5. The molecule has 0 aromatic heterocycles. The van der Waals surface area contributed by atoms with E-state index in [-0.39, 0.29) is 30.3 Å². The summed E-state index contributed by atoms with van der Waals surface area (Å²) in [5, 5.41) is 6.43. The second kappa shape index (κ2) is 7.90. The highest BCUT2D eigenvalue weighted by molar-refractivity contribution is 5.99. The largest absolute Gasteiger partial charge is 0.493 e. The molecule has 2 heterocycles. The number of hydrogen-bond acceptors (Lipinski definition) is 4. The molecule has 2 N–H and O–H groups in total. The van der Waals surface area contributed by atoms with Crippen molar-refractivity contribution >= 4 is 24.4 Å². The molecule has 0 bridgehead atoms. The van der Waals surface area contributed by atoms with E-state index in [2.05, 4.69) is 17.6 Å². The molecule has 1 fully saturated rings. The van der Waals surface area contributed by atoms with Crippen LogP contribution >= 0.6 is 12.4 Å². The van der Waals surface area contributed by atoms with Crippen molar-refractivity contribution in [2.24, 2.45) is 5.41 Å². The van der Waals surface area contributed by atoms with Crippen LogP contribution < -0.4 is 20.1 Å². The lowest BCUT2D eigenvalue weighted by molar-refractivity contribution is -0.118. The molecule has 0 atom stereocenters. The van der Waals surface area contributed by atoms with Gasteiger partial charge in [-0.2, -0.15) is 0 Å². The minimum absolute atomic E-state index is 0. The molecular weight excluding hydrogens is 328 g/mol. The summed E-state index contributed by atoms with van der Waals surface area (Å²) < 4.78 is 11.0. The van der Waals surface area contributed by atoms with Gasteiger partial charge in [-0.1, -0.05) is 19.1 Å². The van der Waals surface area contributed by atoms with Gasteiger partial charge in [-0.3, -0.25) is 4.79 Å². The zero-order valence-electron chi connectivity index (χ0n) is 14.2. The zero-order valence-corrected chi connectivity index (χ0v) is 15.0. The van der Waals surface area contributed by atoms with E-state index in [4.69, 9.17) is 9.47 Å². The molecule has 3 rings (SSSR count). The Morgan fingerprint density at radius 2 is 2.12 bits per heavy atom. The number of rotatable bonds is 4. The lowest BCUT2D eigenvalue weighted by Gasteiger charge is -2.34. The molecular formula is C18H25ClN2O3. The number of carbonyl (C=O) groups is 1. The molecule has 24 heavy (non-hydrogen) atoms. The first-order valence-electron chi connectivity index (χ1n) is 8.11. The fourth-order valence-corrected chi connectivity index (χ4v) is 3.09. The Balaban J connectivity index is 0.00000208. The number of methoxy groups -OCH3 is 1. The van der Waals surface area contributed by atoms with Gasteiger partial charge in [0.2, 0.25) is 0 Å². The Bertz CT molecular complexity index is 625. The van der Waals surface area contributed by atoms with Crippen molar-refractivity contribution in [1.82, 2.24) is 10.6 Å². The molecule has 1 saturated heterocycles. The van der Waals surface area contributed by atoms with Gasteiger partial charge in [0, 0.05) is 12.1 Å². The second-order valence-corrected chi connectivity index (χ2v) is 6.58. The highest BCUT2D eigenvalue weighted by Crippen LogP contribution is 2.35. The molecule has 0 unspecified atom stereocenters. The van der Waals surface area contributed by atoms with Crippen LogP contribution in [0.2, 0.25) is 0 Å². The van der Waals surface area contributed by atoms with E-state index in [0.29, 0.717) is 23.6 Å². The Labute approximate surface area is 149 Å². The number of ether oxygens (including phenoxy) is 2. The summed E-state index contributed by atoms with van der Waals surface area (Å²) in [7, 11) is 1.62. The van der Waals surface area contributed by atoms with Crippen LogP contribution in [0.3, 0.4) is 0 Å². The summed E-state index contributed by atoms with van der Waals surface area (Å²) in [6, 6.07) is 5.68. The fraction of sp³-hybridized carbons (Fsp3) is 0.500. The van der Waals surface area contributed by atoms with E-state index in [0.717, 1.165) is 31.5 Å². The van der Waals surface area contributed by atoms with Gasteiger partial charge in [0.15, 0.2) is 11.5 Å². The molecule has 132 valence electrons. The molecule has 1 amide bonds. The van der Waals surface area contributed by atoms with E-state index >= 15 is 0 Å². The van der Waals surface area contributed by atoms with E-state index in [1.165, 1.54) is 0 Å². The first kappa shape index (κ1) is 18.6. The number of benzene rings is 1. The number of piperidine rings is 1. The standard InChI is InChI=1S/C18H24N2O3.ClH/c1-18(6-8-19-9-7-18)12-20-17(21)14-10-13-4-3-5-15(22-2)16(13)23-11-14;/h3-5,10,19H,6-9,11-12H2,1-2H3,(H,20,21);1H. The number of halogens is 1. The van der Waals surface area contributed by atoms with Crippen LogP contribution in [0.5, 0.6) is 11.5 Å². The molecule has 1 aromatic rings. The predicted molar refractivity (Wildman–Crippen MR) is 96.9 cm³/mol. The van der Waals surface area contributed by atoms with Gasteiger partial charge < -0.3 is 20.1 Å². The van der Waals surface area contributed by atoms with Gasteiger partial charge in [-0.25, -0.2) is 0 Å². The molecule has 2 aliphatic rings. The van der Waals surface area contributed by atoms with Gasteiger partial charge in [-0.15, -0.1) is 12.4 Å². The minimum atomic E-state index is -0.0433. The van der Waals surface area contributed by atoms with Gasteiger partial charge in [-0.05, 0) is 43.5 Å². The maximum Gasteiger partial charge on any atom is 0.250 e. The maximum absolute atomic E-state index is 12.4. The first-order valence-corrected chi connectivity index (χ1v) is 8.11. The van der Waals surface area contributed by atoms with Crippen LogP contribution in [0, 0.1) is 5.41 Å². The van der Waals surface area contributed by atoms with Crippen LogP contribution in [-0.4, -0.2) is 39.3 Å². The van der Waals surface area contributed by atoms with E-state index in [1.807, 2.05) is 24.3 Å². The van der Waals surface area contributed by atoms with Crippen LogP contribution in [0.1, 0.15) is 25.3 Å². The Morgan fingerprint density at radius 3 is 2.83 bits per heavy atom. The third kappa shape index (κ3) is 4.02. The number of carbonyl (C=O) groups excluding carboxylic acids is 1. The number of amides is 1. The summed E-state index contributed by atoms with van der Waals surface area (Å²) in [6.45, 7) is 5.25. The second-order valence-electron chi connectivity index (χ2n) is 6.58. The topological polar surface area (TPSA) is 59.6 Å². The quantitative estimate of drug-likeness (QED) is 0.873. The third-order valence-electron chi connectivity index (χ3n) is 4.71. The SMILES string of the molecule is COc1cccc2c1OCC(C(=O)NCC1(C)CCNCC1)=C2.Cl. The van der Waals surface area contributed by atoms with Gasteiger partial charge in [0.05, 0.1) is 12.7 Å². The summed E-state index contributed by atoms with van der Waals surface area (Å²) in [5.74, 6) is 1.36. The normalized spacial score (nSPS) is 18.3. The smallest absolute Gasteiger partial charge is 0.250 e. The van der Waals surface area contributed by atoms with Gasteiger partial charge >= 0.3 is 0 Å². The summed E-state index contributed by atoms with van der Waals surface area (Å²) in [5.41, 5.74) is 1.72. The summed E-state index contributed by atoms with van der Waals surface area (Å²) in [6.07, 6.45) is 4.06. The number of para-hydroxylation sites is 1. The van der Waals surface area contributed by atoms with Gasteiger partial charge in [0.25, 0.3) is 5.91 Å². The number of nitrogens with one attached hydrogen (secondary N) is 2. The van der Waals surface area contributed by atoms with Crippen LogP contribution in [0.4, 0.5) is 0 Å². The molecule has 0 saturated carbocycles. The van der Waals surface area contributed by atoms with Crippen molar-refractivity contribution in [2.75, 3.05) is 33.4 Å².